The number of esters is 1. The zero-order valence-corrected chi connectivity index (χ0v) is 24.1. The summed E-state index contributed by atoms with van der Waals surface area (Å²) in [5, 5.41) is 11.6. The topological polar surface area (TPSA) is 120 Å². The highest BCUT2D eigenvalue weighted by atomic mass is 32.1. The summed E-state index contributed by atoms with van der Waals surface area (Å²) >= 11 is 1.17. The number of benzene rings is 2. The summed E-state index contributed by atoms with van der Waals surface area (Å²) in [7, 11) is 3.59. The molecule has 2 aliphatic rings. The van der Waals surface area contributed by atoms with Crippen LogP contribution in [0.2, 0.25) is 0 Å². The summed E-state index contributed by atoms with van der Waals surface area (Å²) in [4.78, 5) is 47.9. The van der Waals surface area contributed by atoms with Crippen LogP contribution in [0.5, 0.6) is 5.75 Å². The third kappa shape index (κ3) is 5.40. The van der Waals surface area contributed by atoms with E-state index in [0.717, 1.165) is 31.9 Å². The second-order valence-corrected chi connectivity index (χ2v) is 10.8. The number of ether oxygens (including phenoxy) is 2. The van der Waals surface area contributed by atoms with Gasteiger partial charge in [-0.2, -0.15) is 0 Å². The number of nitro groups is 1. The lowest BCUT2D eigenvalue weighted by molar-refractivity contribution is -0.384. The Bertz CT molecular complexity index is 1720. The molecule has 11 nitrogen and oxygen atoms in total. The van der Waals surface area contributed by atoms with Crippen LogP contribution in [0.1, 0.15) is 31.0 Å². The van der Waals surface area contributed by atoms with Gasteiger partial charge in [0.1, 0.15) is 11.8 Å². The van der Waals surface area contributed by atoms with E-state index < -0.39 is 16.9 Å². The van der Waals surface area contributed by atoms with Gasteiger partial charge < -0.3 is 19.3 Å². The zero-order valence-electron chi connectivity index (χ0n) is 23.3. The van der Waals surface area contributed by atoms with E-state index >= 15 is 0 Å². The molecule has 5 rings (SSSR count). The van der Waals surface area contributed by atoms with Crippen molar-refractivity contribution >= 4 is 34.8 Å². The Morgan fingerprint density at radius 2 is 1.93 bits per heavy atom. The van der Waals surface area contributed by atoms with E-state index in [0.29, 0.717) is 31.9 Å². The van der Waals surface area contributed by atoms with Gasteiger partial charge in [0.25, 0.3) is 11.2 Å². The molecule has 3 aromatic rings. The van der Waals surface area contributed by atoms with Crippen molar-refractivity contribution in [2.75, 3.05) is 51.8 Å². The zero-order chi connectivity index (χ0) is 29.3. The number of hydrogen-bond donors (Lipinski definition) is 0. The van der Waals surface area contributed by atoms with Crippen molar-refractivity contribution in [3.63, 3.8) is 0 Å². The van der Waals surface area contributed by atoms with Crippen LogP contribution in [-0.2, 0) is 9.53 Å². The number of likely N-dealkylation sites (N-methyl/N-ethyl adjacent to an activating group) is 1. The minimum absolute atomic E-state index is 0.0609. The third-order valence-electron chi connectivity index (χ3n) is 7.30. The number of carbonyl (C=O) groups is 1. The molecule has 0 amide bonds. The molecule has 41 heavy (non-hydrogen) atoms. The number of carbonyl (C=O) groups excluding carboxylic acids is 1. The molecule has 0 saturated carbocycles. The molecule has 1 fully saturated rings. The number of para-hydroxylation sites is 1. The number of fused-ring (bicyclic) bond motifs is 1. The smallest absolute Gasteiger partial charge is 0.338 e. The lowest BCUT2D eigenvalue weighted by Crippen LogP contribution is -2.44. The van der Waals surface area contributed by atoms with E-state index in [4.69, 9.17) is 9.47 Å². The van der Waals surface area contributed by atoms with E-state index in [1.54, 1.807) is 32.1 Å². The van der Waals surface area contributed by atoms with E-state index in [1.165, 1.54) is 35.1 Å². The first-order valence-electron chi connectivity index (χ1n) is 13.3. The molecule has 214 valence electrons. The molecule has 1 saturated heterocycles. The third-order valence-corrected chi connectivity index (χ3v) is 8.29. The van der Waals surface area contributed by atoms with Crippen molar-refractivity contribution in [2.24, 2.45) is 4.99 Å². The van der Waals surface area contributed by atoms with Crippen molar-refractivity contribution in [1.82, 2.24) is 9.47 Å². The minimum atomic E-state index is -0.828. The fourth-order valence-electron chi connectivity index (χ4n) is 5.23. The highest BCUT2D eigenvalue weighted by Gasteiger charge is 2.35. The van der Waals surface area contributed by atoms with Crippen LogP contribution in [0.4, 0.5) is 11.4 Å². The number of thiazole rings is 1. The van der Waals surface area contributed by atoms with E-state index in [9.17, 15) is 19.7 Å². The Hall–Kier alpha value is -4.29. The number of non-ortho nitro benzene ring substituents is 1. The first kappa shape index (κ1) is 28.2. The molecule has 0 radical (unpaired) electrons. The fourth-order valence-corrected chi connectivity index (χ4v) is 6.26. The number of anilines is 1. The van der Waals surface area contributed by atoms with Gasteiger partial charge >= 0.3 is 5.97 Å². The van der Waals surface area contributed by atoms with Crippen molar-refractivity contribution in [3.8, 4) is 5.75 Å². The van der Waals surface area contributed by atoms with E-state index in [2.05, 4.69) is 21.8 Å². The van der Waals surface area contributed by atoms with Crippen molar-refractivity contribution in [2.45, 2.75) is 19.9 Å². The van der Waals surface area contributed by atoms with Gasteiger partial charge in [-0.1, -0.05) is 29.5 Å². The quantitative estimate of drug-likeness (QED) is 0.239. The number of allylic oxidation sites excluding steroid dienone is 1. The van der Waals surface area contributed by atoms with Crippen LogP contribution in [0.3, 0.4) is 0 Å². The van der Waals surface area contributed by atoms with E-state index in [1.807, 2.05) is 18.2 Å². The van der Waals surface area contributed by atoms with Gasteiger partial charge in [0.2, 0.25) is 0 Å². The molecule has 0 N–H and O–H groups in total. The van der Waals surface area contributed by atoms with Crippen LogP contribution >= 0.6 is 11.3 Å². The van der Waals surface area contributed by atoms with Gasteiger partial charge in [-0.3, -0.25) is 19.5 Å². The minimum Gasteiger partial charge on any atom is -0.496 e. The molecule has 2 aliphatic heterocycles. The summed E-state index contributed by atoms with van der Waals surface area (Å²) in [6, 6.07) is 11.1. The summed E-state index contributed by atoms with van der Waals surface area (Å²) in [6.07, 6.45) is 1.69. The number of hydrogen-bond acceptors (Lipinski definition) is 10. The highest BCUT2D eigenvalue weighted by Crippen LogP contribution is 2.35. The van der Waals surface area contributed by atoms with Gasteiger partial charge in [-0.05, 0) is 39.1 Å². The summed E-state index contributed by atoms with van der Waals surface area (Å²) in [5.41, 5.74) is 2.28. The maximum atomic E-state index is 14.1. The van der Waals surface area contributed by atoms with Crippen molar-refractivity contribution in [1.29, 1.82) is 0 Å². The lowest BCUT2D eigenvalue weighted by Gasteiger charge is -2.34. The molecular weight excluding hydrogens is 546 g/mol. The van der Waals surface area contributed by atoms with Crippen LogP contribution in [0, 0.1) is 10.1 Å². The Morgan fingerprint density at radius 1 is 1.20 bits per heavy atom. The van der Waals surface area contributed by atoms with E-state index in [-0.39, 0.29) is 23.4 Å². The van der Waals surface area contributed by atoms with Crippen LogP contribution in [0.15, 0.2) is 63.5 Å². The molecule has 0 unspecified atom stereocenters. The van der Waals surface area contributed by atoms with Gasteiger partial charge in [0, 0.05) is 55.1 Å². The Morgan fingerprint density at radius 3 is 2.61 bits per heavy atom. The largest absolute Gasteiger partial charge is 0.496 e. The van der Waals surface area contributed by atoms with Gasteiger partial charge in [-0.25, -0.2) is 9.79 Å². The second kappa shape index (κ2) is 11.7. The average Bonchev–Trinajstić information content (AvgIpc) is 3.26. The van der Waals surface area contributed by atoms with Crippen molar-refractivity contribution < 1.29 is 19.2 Å². The first-order valence-corrected chi connectivity index (χ1v) is 14.1. The molecule has 3 heterocycles. The first-order chi connectivity index (χ1) is 19.7. The Balaban J connectivity index is 1.72. The molecule has 0 spiro atoms. The second-order valence-electron chi connectivity index (χ2n) is 9.83. The van der Waals surface area contributed by atoms with Crippen LogP contribution in [0.25, 0.3) is 6.08 Å². The van der Waals surface area contributed by atoms with Crippen LogP contribution < -0.4 is 24.5 Å². The molecule has 1 atom stereocenters. The molecular formula is C29H31N5O6S. The molecule has 2 aromatic carbocycles. The number of rotatable bonds is 7. The maximum absolute atomic E-state index is 14.1. The lowest BCUT2D eigenvalue weighted by atomic mass is 9.95. The van der Waals surface area contributed by atoms with Crippen LogP contribution in [-0.4, -0.2) is 67.3 Å². The highest BCUT2D eigenvalue weighted by molar-refractivity contribution is 7.07. The molecule has 0 bridgehead atoms. The monoisotopic (exact) mass is 577 g/mol. The molecule has 1 aromatic heterocycles. The molecule has 0 aliphatic carbocycles. The standard InChI is InChI=1S/C29H31N5O6S/c1-5-40-28(36)25-18(2)30-29-33(26(25)21-8-6-7-9-23(21)39-4)27(35)24(41-29)17-19-16-20(34(37)38)10-11-22(19)32-14-12-31(3)13-15-32/h6-11,16-17,26H,5,12-15H2,1-4H3/b24-17+/t26-/m0/s1. The SMILES string of the molecule is CCOC(=O)C1=C(C)N=c2s/c(=C/c3cc([N+](=O)[O-])ccc3N3CCN(C)CC3)c(=O)n2[C@H]1c1ccccc1OC. The number of nitro benzene ring substituents is 1. The average molecular weight is 578 g/mol. The summed E-state index contributed by atoms with van der Waals surface area (Å²) < 4.78 is 12.8. The number of aromatic nitrogens is 1. The summed E-state index contributed by atoms with van der Waals surface area (Å²) in [6.45, 7) is 6.83. The van der Waals surface area contributed by atoms with Gasteiger partial charge in [-0.15, -0.1) is 0 Å². The van der Waals surface area contributed by atoms with Gasteiger partial charge in [0.15, 0.2) is 4.80 Å². The van der Waals surface area contributed by atoms with Crippen molar-refractivity contribution in [3.05, 3.63) is 94.7 Å². The Kier molecular flexibility index (Phi) is 8.04. The Labute approximate surface area is 240 Å². The normalized spacial score (nSPS) is 17.7. The molecule has 12 heteroatoms. The number of piperazine rings is 1. The van der Waals surface area contributed by atoms with Gasteiger partial charge in [0.05, 0.1) is 34.4 Å². The maximum Gasteiger partial charge on any atom is 0.338 e. The predicted octanol–water partition coefficient (Wildman–Crippen LogP) is 2.47. The number of nitrogens with zero attached hydrogens (tertiary/aromatic N) is 5. The number of methoxy groups -OCH3 is 1. The predicted molar refractivity (Wildman–Crippen MR) is 156 cm³/mol. The summed E-state index contributed by atoms with van der Waals surface area (Å²) in [5.74, 6) is -0.0467. The fraction of sp³-hybridized carbons (Fsp3) is 0.345.